The minimum atomic E-state index is -0.897. The van der Waals surface area contributed by atoms with Crippen LogP contribution < -0.4 is 5.32 Å². The van der Waals surface area contributed by atoms with E-state index in [0.717, 1.165) is 0 Å². The van der Waals surface area contributed by atoms with E-state index in [9.17, 15) is 9.59 Å². The normalized spacial score (nSPS) is 10.2. The molecule has 1 aromatic heterocycles. The van der Waals surface area contributed by atoms with Crippen LogP contribution in [-0.2, 0) is 18.3 Å². The lowest BCUT2D eigenvalue weighted by atomic mass is 10.1. The van der Waals surface area contributed by atoms with Crippen molar-refractivity contribution in [2.24, 2.45) is 7.05 Å². The van der Waals surface area contributed by atoms with Gasteiger partial charge in [-0.25, -0.2) is 0 Å². The first-order valence-electron chi connectivity index (χ1n) is 5.79. The van der Waals surface area contributed by atoms with Crippen molar-refractivity contribution in [3.05, 3.63) is 53.9 Å². The first-order chi connectivity index (χ1) is 9.06. The van der Waals surface area contributed by atoms with Crippen LogP contribution in [0.4, 0.5) is 5.69 Å². The van der Waals surface area contributed by atoms with Crippen molar-refractivity contribution < 1.29 is 14.7 Å². The van der Waals surface area contributed by atoms with Crippen LogP contribution in [0.25, 0.3) is 0 Å². The number of carbonyl (C=O) groups excluding carboxylic acids is 1. The molecular formula is C14H14N2O3. The van der Waals surface area contributed by atoms with E-state index in [1.165, 1.54) is 0 Å². The molecule has 2 N–H and O–H groups in total. The fraction of sp³-hybridized carbons (Fsp3) is 0.143. The van der Waals surface area contributed by atoms with Gasteiger partial charge in [0, 0.05) is 18.9 Å². The fourth-order valence-electron chi connectivity index (χ4n) is 1.83. The number of benzene rings is 1. The van der Waals surface area contributed by atoms with E-state index in [1.807, 2.05) is 0 Å². The molecule has 0 unspecified atom stereocenters. The molecule has 19 heavy (non-hydrogen) atoms. The Balaban J connectivity index is 2.13. The zero-order valence-electron chi connectivity index (χ0n) is 10.5. The van der Waals surface area contributed by atoms with Gasteiger partial charge in [-0.15, -0.1) is 0 Å². The lowest BCUT2D eigenvalue weighted by molar-refractivity contribution is -0.136. The first-order valence-corrected chi connectivity index (χ1v) is 5.79. The largest absolute Gasteiger partial charge is 0.481 e. The molecular weight excluding hydrogens is 244 g/mol. The molecule has 0 aliphatic carbocycles. The van der Waals surface area contributed by atoms with Crippen LogP contribution in [0.1, 0.15) is 16.1 Å². The fourth-order valence-corrected chi connectivity index (χ4v) is 1.83. The molecule has 5 nitrogen and oxygen atoms in total. The van der Waals surface area contributed by atoms with Crippen molar-refractivity contribution in [2.75, 3.05) is 5.32 Å². The van der Waals surface area contributed by atoms with Crippen molar-refractivity contribution in [3.8, 4) is 0 Å². The maximum atomic E-state index is 12.0. The second-order valence-electron chi connectivity index (χ2n) is 4.23. The Bertz CT molecular complexity index is 617. The molecule has 0 radical (unpaired) electrons. The number of nitrogens with one attached hydrogen (secondary N) is 1. The molecule has 0 atom stereocenters. The Kier molecular flexibility index (Phi) is 3.66. The topological polar surface area (TPSA) is 71.3 Å². The van der Waals surface area contributed by atoms with Gasteiger partial charge >= 0.3 is 5.97 Å². The highest BCUT2D eigenvalue weighted by atomic mass is 16.4. The third-order valence-electron chi connectivity index (χ3n) is 2.72. The van der Waals surface area contributed by atoms with Gasteiger partial charge in [0.1, 0.15) is 5.69 Å². The SMILES string of the molecule is Cn1cccc1C(=O)Nc1cccc(CC(=O)O)c1. The van der Waals surface area contributed by atoms with Gasteiger partial charge < -0.3 is 15.0 Å². The number of aromatic nitrogens is 1. The summed E-state index contributed by atoms with van der Waals surface area (Å²) in [7, 11) is 1.79. The summed E-state index contributed by atoms with van der Waals surface area (Å²) in [6.45, 7) is 0. The molecule has 1 amide bonds. The van der Waals surface area contributed by atoms with E-state index < -0.39 is 5.97 Å². The summed E-state index contributed by atoms with van der Waals surface area (Å²) in [5, 5.41) is 11.5. The number of carbonyl (C=O) groups is 2. The summed E-state index contributed by atoms with van der Waals surface area (Å²) in [6.07, 6.45) is 1.73. The molecule has 0 saturated carbocycles. The van der Waals surface area contributed by atoms with Gasteiger partial charge in [0.15, 0.2) is 0 Å². The molecule has 2 aromatic rings. The Morgan fingerprint density at radius 3 is 2.68 bits per heavy atom. The quantitative estimate of drug-likeness (QED) is 0.879. The van der Waals surface area contributed by atoms with E-state index in [1.54, 1.807) is 54.2 Å². The summed E-state index contributed by atoms with van der Waals surface area (Å²) in [4.78, 5) is 22.6. The van der Waals surface area contributed by atoms with Crippen LogP contribution in [0.5, 0.6) is 0 Å². The van der Waals surface area contributed by atoms with Crippen LogP contribution >= 0.6 is 0 Å². The number of rotatable bonds is 4. The summed E-state index contributed by atoms with van der Waals surface area (Å²) in [5.41, 5.74) is 1.78. The van der Waals surface area contributed by atoms with Gasteiger partial charge in [-0.2, -0.15) is 0 Å². The van der Waals surface area contributed by atoms with Gasteiger partial charge in [-0.05, 0) is 29.8 Å². The highest BCUT2D eigenvalue weighted by molar-refractivity contribution is 6.03. The molecule has 0 aliphatic heterocycles. The van der Waals surface area contributed by atoms with Crippen molar-refractivity contribution in [1.29, 1.82) is 0 Å². The number of carboxylic acids is 1. The van der Waals surface area contributed by atoms with Gasteiger partial charge in [0.2, 0.25) is 0 Å². The molecule has 0 saturated heterocycles. The number of hydrogen-bond donors (Lipinski definition) is 2. The number of aryl methyl sites for hydroxylation is 1. The number of hydrogen-bond acceptors (Lipinski definition) is 2. The smallest absolute Gasteiger partial charge is 0.307 e. The van der Waals surface area contributed by atoms with Crippen LogP contribution in [0.2, 0.25) is 0 Å². The maximum absolute atomic E-state index is 12.0. The lowest BCUT2D eigenvalue weighted by Crippen LogP contribution is -2.15. The van der Waals surface area contributed by atoms with Gasteiger partial charge in [0.05, 0.1) is 6.42 Å². The molecule has 5 heteroatoms. The number of amides is 1. The zero-order chi connectivity index (χ0) is 13.8. The molecule has 1 heterocycles. The van der Waals surface area contributed by atoms with Crippen LogP contribution in [0.3, 0.4) is 0 Å². The average molecular weight is 258 g/mol. The number of anilines is 1. The van der Waals surface area contributed by atoms with Gasteiger partial charge in [-0.3, -0.25) is 9.59 Å². The predicted octanol–water partition coefficient (Wildman–Crippen LogP) is 1.90. The summed E-state index contributed by atoms with van der Waals surface area (Å²) < 4.78 is 1.72. The number of nitrogens with zero attached hydrogens (tertiary/aromatic N) is 1. The second kappa shape index (κ2) is 5.39. The molecule has 0 bridgehead atoms. The van der Waals surface area contributed by atoms with E-state index in [2.05, 4.69) is 5.32 Å². The third kappa shape index (κ3) is 3.22. The van der Waals surface area contributed by atoms with Crippen molar-refractivity contribution in [3.63, 3.8) is 0 Å². The Morgan fingerprint density at radius 1 is 1.26 bits per heavy atom. The van der Waals surface area contributed by atoms with E-state index in [-0.39, 0.29) is 12.3 Å². The van der Waals surface area contributed by atoms with Crippen molar-refractivity contribution >= 4 is 17.6 Å². The molecule has 98 valence electrons. The minimum Gasteiger partial charge on any atom is -0.481 e. The standard InChI is InChI=1S/C14H14N2O3/c1-16-7-3-6-12(16)14(19)15-11-5-2-4-10(8-11)9-13(17)18/h2-8H,9H2,1H3,(H,15,19)(H,17,18). The highest BCUT2D eigenvalue weighted by Gasteiger charge is 2.09. The van der Waals surface area contributed by atoms with Crippen LogP contribution in [0.15, 0.2) is 42.6 Å². The zero-order valence-corrected chi connectivity index (χ0v) is 10.5. The molecule has 0 aliphatic rings. The van der Waals surface area contributed by atoms with Gasteiger partial charge in [-0.1, -0.05) is 12.1 Å². The predicted molar refractivity (Wildman–Crippen MR) is 71.1 cm³/mol. The molecule has 0 fully saturated rings. The van der Waals surface area contributed by atoms with Crippen LogP contribution in [-0.4, -0.2) is 21.6 Å². The molecule has 2 rings (SSSR count). The Morgan fingerprint density at radius 2 is 2.05 bits per heavy atom. The summed E-state index contributed by atoms with van der Waals surface area (Å²) >= 11 is 0. The monoisotopic (exact) mass is 258 g/mol. The molecule has 0 spiro atoms. The first kappa shape index (κ1) is 12.9. The van der Waals surface area contributed by atoms with E-state index in [0.29, 0.717) is 16.9 Å². The Hall–Kier alpha value is -2.56. The highest BCUT2D eigenvalue weighted by Crippen LogP contribution is 2.13. The lowest BCUT2D eigenvalue weighted by Gasteiger charge is -2.07. The van der Waals surface area contributed by atoms with Crippen molar-refractivity contribution in [1.82, 2.24) is 4.57 Å². The summed E-state index contributed by atoms with van der Waals surface area (Å²) in [5.74, 6) is -1.12. The van der Waals surface area contributed by atoms with Gasteiger partial charge in [0.25, 0.3) is 5.91 Å². The molecule has 1 aromatic carbocycles. The minimum absolute atomic E-state index is 0.0616. The second-order valence-corrected chi connectivity index (χ2v) is 4.23. The summed E-state index contributed by atoms with van der Waals surface area (Å²) in [6, 6.07) is 10.3. The van der Waals surface area contributed by atoms with E-state index in [4.69, 9.17) is 5.11 Å². The number of carboxylic acid groups (broad SMARTS) is 1. The third-order valence-corrected chi connectivity index (χ3v) is 2.72. The van der Waals surface area contributed by atoms with E-state index >= 15 is 0 Å². The average Bonchev–Trinajstić information content (AvgIpc) is 2.75. The number of aliphatic carboxylic acids is 1. The van der Waals surface area contributed by atoms with Crippen molar-refractivity contribution in [2.45, 2.75) is 6.42 Å². The van der Waals surface area contributed by atoms with Crippen LogP contribution in [0, 0.1) is 0 Å². The maximum Gasteiger partial charge on any atom is 0.307 e. The Labute approximate surface area is 110 Å².